The van der Waals surface area contributed by atoms with Crippen LogP contribution < -0.4 is 4.31 Å². The number of piperazine rings is 1. The Morgan fingerprint density at radius 2 is 1.50 bits per heavy atom. The first kappa shape index (κ1) is 28.2. The lowest BCUT2D eigenvalue weighted by atomic mass is 10.0. The normalized spacial score (nSPS) is 16.5. The highest BCUT2D eigenvalue weighted by atomic mass is 32.2. The van der Waals surface area contributed by atoms with Crippen molar-refractivity contribution in [3.05, 3.63) is 108 Å². The van der Waals surface area contributed by atoms with Gasteiger partial charge in [0.2, 0.25) is 0 Å². The number of hydrogen-bond donors (Lipinski definition) is 0. The Labute approximate surface area is 240 Å². The van der Waals surface area contributed by atoms with Crippen molar-refractivity contribution in [1.82, 2.24) is 9.80 Å². The van der Waals surface area contributed by atoms with Gasteiger partial charge >= 0.3 is 0 Å². The lowest BCUT2D eigenvalue weighted by molar-refractivity contribution is 0.149. The maximum Gasteiger partial charge on any atom is 0.278 e. The molecule has 2 heterocycles. The van der Waals surface area contributed by atoms with Crippen molar-refractivity contribution >= 4 is 35.1 Å². The molecule has 8 heteroatoms. The number of nitrogens with zero attached hydrogens (tertiary/aromatic N) is 5. The van der Waals surface area contributed by atoms with Crippen molar-refractivity contribution in [2.24, 2.45) is 10.2 Å². The number of alkyl halides is 2. The molecule has 0 aromatic heterocycles. The van der Waals surface area contributed by atoms with Crippen LogP contribution >= 0.6 is 11.9 Å². The van der Waals surface area contributed by atoms with Crippen LogP contribution in [0.4, 0.5) is 14.5 Å². The molecule has 5 nitrogen and oxygen atoms in total. The average Bonchev–Trinajstić information content (AvgIpc) is 3.50. The van der Waals surface area contributed by atoms with Crippen molar-refractivity contribution in [2.45, 2.75) is 19.4 Å². The van der Waals surface area contributed by atoms with Gasteiger partial charge in [-0.1, -0.05) is 84.9 Å². The molecule has 208 valence electrons. The molecular formula is C32H35F2N5S. The summed E-state index contributed by atoms with van der Waals surface area (Å²) in [5, 5.41) is 7.60. The topological polar surface area (TPSA) is 34.4 Å². The molecule has 1 saturated heterocycles. The van der Waals surface area contributed by atoms with Crippen LogP contribution in [0.3, 0.4) is 0 Å². The van der Waals surface area contributed by atoms with Gasteiger partial charge in [-0.25, -0.2) is 8.78 Å². The Hall–Kier alpha value is -3.33. The second-order valence-electron chi connectivity index (χ2n) is 9.97. The molecule has 1 fully saturated rings. The van der Waals surface area contributed by atoms with Crippen LogP contribution in [0.5, 0.6) is 0 Å². The van der Waals surface area contributed by atoms with Crippen molar-refractivity contribution in [3.8, 4) is 0 Å². The molecule has 3 aromatic rings. The van der Waals surface area contributed by atoms with Crippen LogP contribution in [0.2, 0.25) is 0 Å². The van der Waals surface area contributed by atoms with Crippen LogP contribution in [-0.2, 0) is 6.54 Å². The molecular weight excluding hydrogens is 524 g/mol. The van der Waals surface area contributed by atoms with E-state index in [4.69, 9.17) is 0 Å². The van der Waals surface area contributed by atoms with Gasteiger partial charge in [0.1, 0.15) is 5.71 Å². The van der Waals surface area contributed by atoms with E-state index >= 15 is 0 Å². The van der Waals surface area contributed by atoms with Crippen molar-refractivity contribution in [1.29, 1.82) is 0 Å². The number of para-hydroxylation sites is 1. The maximum atomic E-state index is 12.9. The Bertz CT molecular complexity index is 1290. The molecule has 2 aliphatic heterocycles. The number of anilines is 1. The fraction of sp³-hybridized carbons (Fsp3) is 0.312. The minimum Gasteiger partial charge on any atom is -0.312 e. The highest BCUT2D eigenvalue weighted by Gasteiger charge is 2.22. The van der Waals surface area contributed by atoms with E-state index in [0.717, 1.165) is 62.7 Å². The molecule has 0 saturated carbocycles. The number of hydrogen-bond acceptors (Lipinski definition) is 6. The van der Waals surface area contributed by atoms with Crippen LogP contribution in [0.25, 0.3) is 6.08 Å². The minimum absolute atomic E-state index is 0.113. The van der Waals surface area contributed by atoms with E-state index in [-0.39, 0.29) is 12.1 Å². The van der Waals surface area contributed by atoms with Crippen LogP contribution in [0.1, 0.15) is 23.1 Å². The first-order valence-corrected chi connectivity index (χ1v) is 14.7. The predicted octanol–water partition coefficient (Wildman–Crippen LogP) is 6.49. The third kappa shape index (κ3) is 8.10. The van der Waals surface area contributed by atoms with E-state index in [2.05, 4.69) is 97.1 Å². The molecule has 0 bridgehead atoms. The summed E-state index contributed by atoms with van der Waals surface area (Å²) in [6.07, 6.45) is 2.03. The highest BCUT2D eigenvalue weighted by molar-refractivity contribution is 8.00. The molecule has 3 aromatic carbocycles. The zero-order valence-electron chi connectivity index (χ0n) is 22.6. The Morgan fingerprint density at radius 3 is 2.17 bits per heavy atom. The van der Waals surface area contributed by atoms with Crippen molar-refractivity contribution < 1.29 is 8.78 Å². The second kappa shape index (κ2) is 14.3. The van der Waals surface area contributed by atoms with Gasteiger partial charge in [-0.05, 0) is 40.8 Å². The van der Waals surface area contributed by atoms with Gasteiger partial charge < -0.3 is 4.31 Å². The van der Waals surface area contributed by atoms with E-state index < -0.39 is 6.43 Å². The first-order valence-electron chi connectivity index (χ1n) is 13.8. The Balaban J connectivity index is 1.09. The van der Waals surface area contributed by atoms with E-state index in [0.29, 0.717) is 5.71 Å². The van der Waals surface area contributed by atoms with E-state index in [1.165, 1.54) is 11.3 Å². The van der Waals surface area contributed by atoms with Gasteiger partial charge in [0.05, 0.1) is 12.3 Å². The Kier molecular flexibility index (Phi) is 10.1. The van der Waals surface area contributed by atoms with E-state index in [1.807, 2.05) is 36.2 Å². The van der Waals surface area contributed by atoms with Gasteiger partial charge in [-0.15, -0.1) is 0 Å². The summed E-state index contributed by atoms with van der Waals surface area (Å²) in [4.78, 5) is 5.07. The third-order valence-electron chi connectivity index (χ3n) is 7.15. The number of halogens is 2. The van der Waals surface area contributed by atoms with Gasteiger partial charge in [-0.2, -0.15) is 10.2 Å². The van der Waals surface area contributed by atoms with Crippen molar-refractivity contribution in [3.63, 3.8) is 0 Å². The minimum atomic E-state index is -2.55. The van der Waals surface area contributed by atoms with Gasteiger partial charge in [0.15, 0.2) is 0 Å². The molecule has 0 amide bonds. The van der Waals surface area contributed by atoms with Gasteiger partial charge in [0, 0.05) is 57.1 Å². The van der Waals surface area contributed by atoms with E-state index in [1.54, 1.807) is 0 Å². The fourth-order valence-electron chi connectivity index (χ4n) is 4.80. The summed E-state index contributed by atoms with van der Waals surface area (Å²) in [6, 6.07) is 28.9. The zero-order valence-corrected chi connectivity index (χ0v) is 23.4. The monoisotopic (exact) mass is 559 g/mol. The molecule has 0 radical (unpaired) electrons. The predicted molar refractivity (Wildman–Crippen MR) is 164 cm³/mol. The average molecular weight is 560 g/mol. The summed E-state index contributed by atoms with van der Waals surface area (Å²) in [7, 11) is 0. The SMILES string of the molecule is FC(F)C1=NN=C(c2ccc(CN(SCCN3CCN(C/C=C/c4ccccc4)CC3)c3ccccc3)cc2)C1. The van der Waals surface area contributed by atoms with Crippen LogP contribution in [0.15, 0.2) is 101 Å². The zero-order chi connectivity index (χ0) is 27.6. The van der Waals surface area contributed by atoms with Gasteiger partial charge in [-0.3, -0.25) is 9.80 Å². The summed E-state index contributed by atoms with van der Waals surface area (Å²) < 4.78 is 28.2. The second-order valence-corrected chi connectivity index (χ2v) is 11.1. The standard InChI is InChI=1S/C32H35F2N5S/c33-32(34)31-24-30(35-36-31)28-15-13-27(14-16-28)25-39(29-11-5-2-6-12-29)40-23-22-38-20-18-37(19-21-38)17-7-10-26-8-3-1-4-9-26/h1-16,32H,17-25H2/b10-7+. The first-order chi connectivity index (χ1) is 19.6. The lowest BCUT2D eigenvalue weighted by Gasteiger charge is -2.34. The highest BCUT2D eigenvalue weighted by Crippen LogP contribution is 2.26. The van der Waals surface area contributed by atoms with Crippen molar-refractivity contribution in [2.75, 3.05) is 49.3 Å². The van der Waals surface area contributed by atoms with Crippen LogP contribution in [0, 0.1) is 0 Å². The number of rotatable bonds is 12. The molecule has 0 N–H and O–H groups in total. The molecule has 0 unspecified atom stereocenters. The fourth-order valence-corrected chi connectivity index (χ4v) is 5.87. The molecule has 0 aliphatic carbocycles. The summed E-state index contributed by atoms with van der Waals surface area (Å²) in [5.41, 5.74) is 4.86. The molecule has 0 spiro atoms. The molecule has 0 atom stereocenters. The molecule has 40 heavy (non-hydrogen) atoms. The quantitative estimate of drug-likeness (QED) is 0.238. The number of benzene rings is 3. The largest absolute Gasteiger partial charge is 0.312 e. The van der Waals surface area contributed by atoms with Gasteiger partial charge in [0.25, 0.3) is 6.43 Å². The third-order valence-corrected chi connectivity index (χ3v) is 8.17. The molecule has 5 rings (SSSR count). The summed E-state index contributed by atoms with van der Waals surface area (Å²) in [5.74, 6) is 1.01. The molecule has 2 aliphatic rings. The lowest BCUT2D eigenvalue weighted by Crippen LogP contribution is -2.47. The van der Waals surface area contributed by atoms with Crippen LogP contribution in [-0.4, -0.2) is 72.7 Å². The maximum absolute atomic E-state index is 12.9. The smallest absolute Gasteiger partial charge is 0.278 e. The summed E-state index contributed by atoms with van der Waals surface area (Å²) in [6.45, 7) is 7.16. The summed E-state index contributed by atoms with van der Waals surface area (Å²) >= 11 is 1.85. The Morgan fingerprint density at radius 1 is 0.825 bits per heavy atom. The van der Waals surface area contributed by atoms with E-state index in [9.17, 15) is 8.78 Å².